The number of nitrogens with zero attached hydrogens (tertiary/aromatic N) is 2. The van der Waals surface area contributed by atoms with Crippen molar-refractivity contribution in [2.45, 2.75) is 25.7 Å². The minimum absolute atomic E-state index is 0. The predicted octanol–water partition coefficient (Wildman–Crippen LogP) is 3.66. The fourth-order valence-electron chi connectivity index (χ4n) is 3.77. The van der Waals surface area contributed by atoms with E-state index in [4.69, 9.17) is 15.5 Å². The molecule has 1 saturated heterocycles. The van der Waals surface area contributed by atoms with Crippen molar-refractivity contribution in [1.29, 1.82) is 0 Å². The first-order valence-electron chi connectivity index (χ1n) is 9.04. The van der Waals surface area contributed by atoms with Crippen LogP contribution in [-0.2, 0) is 0 Å². The summed E-state index contributed by atoms with van der Waals surface area (Å²) in [5.74, 6) is 0.770. The van der Waals surface area contributed by atoms with Gasteiger partial charge >= 0.3 is 0 Å². The number of hydrogen-bond acceptors (Lipinski definition) is 6. The first kappa shape index (κ1) is 20.5. The number of nitrogens with two attached hydrogens (primary N) is 1. The molecule has 0 atom stereocenters. The van der Waals surface area contributed by atoms with Crippen LogP contribution in [0.1, 0.15) is 40.4 Å². The normalized spacial score (nSPS) is 14.6. The Labute approximate surface area is 173 Å². The van der Waals surface area contributed by atoms with Crippen molar-refractivity contribution in [3.63, 3.8) is 0 Å². The summed E-state index contributed by atoms with van der Waals surface area (Å²) in [4.78, 5) is 21.1. The van der Waals surface area contributed by atoms with E-state index in [1.54, 1.807) is 30.7 Å². The number of rotatable bonds is 4. The smallest absolute Gasteiger partial charge is 0.249 e. The molecule has 148 valence electrons. The van der Waals surface area contributed by atoms with Crippen molar-refractivity contribution in [3.8, 4) is 16.3 Å². The molecule has 3 aromatic rings. The topological polar surface area (TPSA) is 90.1 Å². The van der Waals surface area contributed by atoms with Gasteiger partial charge in [-0.3, -0.25) is 9.78 Å². The number of ether oxygens (including phenoxy) is 1. The van der Waals surface area contributed by atoms with Crippen LogP contribution in [0.5, 0.6) is 5.75 Å². The van der Waals surface area contributed by atoms with E-state index < -0.39 is 5.91 Å². The molecule has 3 N–H and O–H groups in total. The van der Waals surface area contributed by atoms with Crippen molar-refractivity contribution in [3.05, 3.63) is 41.2 Å². The Bertz CT molecular complexity index is 1010. The maximum absolute atomic E-state index is 11.9. The number of aryl methyl sites for hydroxylation is 1. The number of hydrogen-bond donors (Lipinski definition) is 2. The van der Waals surface area contributed by atoms with E-state index in [0.29, 0.717) is 17.0 Å². The van der Waals surface area contributed by atoms with Crippen LogP contribution in [-0.4, -0.2) is 36.1 Å². The molecule has 0 saturated carbocycles. The molecule has 1 aliphatic rings. The van der Waals surface area contributed by atoms with Gasteiger partial charge in [0.25, 0.3) is 0 Å². The van der Waals surface area contributed by atoms with E-state index in [1.165, 1.54) is 5.56 Å². The van der Waals surface area contributed by atoms with Gasteiger partial charge in [0.2, 0.25) is 5.91 Å². The molecule has 0 bridgehead atoms. The molecule has 1 fully saturated rings. The third-order valence-corrected chi connectivity index (χ3v) is 6.28. The van der Waals surface area contributed by atoms with E-state index in [9.17, 15) is 4.79 Å². The summed E-state index contributed by atoms with van der Waals surface area (Å²) in [6, 6.07) is 5.81. The van der Waals surface area contributed by atoms with E-state index in [2.05, 4.69) is 16.4 Å². The number of methoxy groups -OCH3 is 1. The highest BCUT2D eigenvalue weighted by Crippen LogP contribution is 2.42. The van der Waals surface area contributed by atoms with Gasteiger partial charge in [-0.25, -0.2) is 4.98 Å². The van der Waals surface area contributed by atoms with Crippen LogP contribution in [0.25, 0.3) is 20.8 Å². The minimum Gasteiger partial charge on any atom is -0.494 e. The van der Waals surface area contributed by atoms with E-state index in [-0.39, 0.29) is 12.4 Å². The van der Waals surface area contributed by atoms with Gasteiger partial charge in [-0.2, -0.15) is 0 Å². The lowest BCUT2D eigenvalue weighted by Gasteiger charge is -2.23. The highest BCUT2D eigenvalue weighted by atomic mass is 35.5. The second kappa shape index (κ2) is 8.43. The molecule has 0 unspecified atom stereocenters. The first-order valence-corrected chi connectivity index (χ1v) is 9.85. The quantitative estimate of drug-likeness (QED) is 0.674. The third-order valence-electron chi connectivity index (χ3n) is 5.16. The van der Waals surface area contributed by atoms with Crippen LogP contribution in [0, 0.1) is 6.92 Å². The van der Waals surface area contributed by atoms with Crippen LogP contribution >= 0.6 is 23.7 Å². The number of thiazole rings is 1. The van der Waals surface area contributed by atoms with Crippen molar-refractivity contribution < 1.29 is 9.53 Å². The van der Waals surface area contributed by atoms with Crippen LogP contribution in [0.4, 0.5) is 0 Å². The van der Waals surface area contributed by atoms with Crippen molar-refractivity contribution in [2.24, 2.45) is 5.73 Å². The standard InChI is InChI=1S/C20H22N4O2S.ClH/c1-11-16(14(19(21)25)7-10-23-11)20-24-17-15(26-2)4-3-13(18(17)27-20)12-5-8-22-9-6-12;/h3-4,7,10,12,22H,5-6,8-9H2,1-2H3,(H2,21,25);1H. The molecule has 2 aromatic heterocycles. The fraction of sp³-hybridized carbons (Fsp3) is 0.350. The van der Waals surface area contributed by atoms with E-state index >= 15 is 0 Å². The molecule has 1 aromatic carbocycles. The van der Waals surface area contributed by atoms with Gasteiger partial charge in [-0.15, -0.1) is 23.7 Å². The van der Waals surface area contributed by atoms with Crippen LogP contribution in [0.15, 0.2) is 24.4 Å². The highest BCUT2D eigenvalue weighted by Gasteiger charge is 2.23. The average Bonchev–Trinajstić information content (AvgIpc) is 3.12. The van der Waals surface area contributed by atoms with Crippen molar-refractivity contribution in [2.75, 3.05) is 20.2 Å². The number of primary amides is 1. The minimum atomic E-state index is -0.472. The Morgan fingerprint density at radius 1 is 1.29 bits per heavy atom. The summed E-state index contributed by atoms with van der Waals surface area (Å²) < 4.78 is 6.67. The molecule has 8 heteroatoms. The van der Waals surface area contributed by atoms with E-state index in [0.717, 1.165) is 52.6 Å². The summed E-state index contributed by atoms with van der Waals surface area (Å²) in [5.41, 5.74) is 9.64. The Morgan fingerprint density at radius 2 is 2.04 bits per heavy atom. The molecule has 28 heavy (non-hydrogen) atoms. The number of carbonyl (C=O) groups excluding carboxylic acids is 1. The lowest BCUT2D eigenvalue weighted by atomic mass is 9.90. The summed E-state index contributed by atoms with van der Waals surface area (Å²) in [7, 11) is 1.65. The van der Waals surface area contributed by atoms with Crippen molar-refractivity contribution >= 4 is 39.9 Å². The van der Waals surface area contributed by atoms with Gasteiger partial charge in [-0.05, 0) is 56.5 Å². The molecular weight excluding hydrogens is 396 g/mol. The molecular formula is C20H23ClN4O2S. The van der Waals surface area contributed by atoms with Crippen LogP contribution < -0.4 is 15.8 Å². The maximum atomic E-state index is 11.9. The SMILES string of the molecule is COc1ccc(C2CCNCC2)c2sc(-c3c(C(N)=O)ccnc3C)nc12.Cl. The number of benzene rings is 1. The highest BCUT2D eigenvalue weighted by molar-refractivity contribution is 7.22. The molecule has 0 spiro atoms. The number of nitrogens with one attached hydrogen (secondary N) is 1. The lowest BCUT2D eigenvalue weighted by Crippen LogP contribution is -2.26. The Kier molecular flexibility index (Phi) is 6.17. The van der Waals surface area contributed by atoms with Gasteiger partial charge < -0.3 is 15.8 Å². The number of piperidine rings is 1. The number of halogens is 1. The van der Waals surface area contributed by atoms with Crippen LogP contribution in [0.2, 0.25) is 0 Å². The number of pyridine rings is 1. The number of carbonyl (C=O) groups is 1. The number of fused-ring (bicyclic) bond motifs is 1. The van der Waals surface area contributed by atoms with Crippen molar-refractivity contribution in [1.82, 2.24) is 15.3 Å². The zero-order valence-electron chi connectivity index (χ0n) is 15.8. The molecule has 0 aliphatic carbocycles. The maximum Gasteiger partial charge on any atom is 0.249 e. The molecule has 3 heterocycles. The summed E-state index contributed by atoms with van der Waals surface area (Å²) >= 11 is 1.59. The van der Waals surface area contributed by atoms with Gasteiger partial charge in [0.05, 0.1) is 17.4 Å². The molecule has 1 amide bonds. The third kappa shape index (κ3) is 3.57. The fourth-order valence-corrected chi connectivity index (χ4v) is 5.06. The molecule has 0 radical (unpaired) electrons. The number of amides is 1. The van der Waals surface area contributed by atoms with Gasteiger partial charge in [0.15, 0.2) is 0 Å². The Morgan fingerprint density at radius 3 is 2.71 bits per heavy atom. The van der Waals surface area contributed by atoms with E-state index in [1.807, 2.05) is 13.0 Å². The molecule has 4 rings (SSSR count). The van der Waals surface area contributed by atoms with Gasteiger partial charge in [0, 0.05) is 17.5 Å². The Balaban J connectivity index is 0.00000225. The van der Waals surface area contributed by atoms with Gasteiger partial charge in [-0.1, -0.05) is 6.07 Å². The molecule has 1 aliphatic heterocycles. The first-order chi connectivity index (χ1) is 13.1. The monoisotopic (exact) mass is 418 g/mol. The second-order valence-electron chi connectivity index (χ2n) is 6.76. The summed E-state index contributed by atoms with van der Waals surface area (Å²) in [5, 5.41) is 4.17. The lowest BCUT2D eigenvalue weighted by molar-refractivity contribution is 0.100. The zero-order valence-corrected chi connectivity index (χ0v) is 17.5. The number of aromatic nitrogens is 2. The summed E-state index contributed by atoms with van der Waals surface area (Å²) in [6.07, 6.45) is 3.81. The Hall–Kier alpha value is -2.22. The van der Waals surface area contributed by atoms with Crippen LogP contribution in [0.3, 0.4) is 0 Å². The molecule has 6 nitrogen and oxygen atoms in total. The largest absolute Gasteiger partial charge is 0.494 e. The predicted molar refractivity (Wildman–Crippen MR) is 115 cm³/mol. The summed E-state index contributed by atoms with van der Waals surface area (Å²) in [6.45, 7) is 3.92. The average molecular weight is 419 g/mol. The van der Waals surface area contributed by atoms with Gasteiger partial charge in [0.1, 0.15) is 16.3 Å². The second-order valence-corrected chi connectivity index (χ2v) is 7.76. The zero-order chi connectivity index (χ0) is 19.0.